The minimum Gasteiger partial charge on any atom is -0.480 e. The van der Waals surface area contributed by atoms with Crippen LogP contribution in [0, 0.1) is 6.92 Å². The molecule has 0 aliphatic carbocycles. The lowest BCUT2D eigenvalue weighted by Crippen LogP contribution is -2.39. The van der Waals surface area contributed by atoms with Crippen LogP contribution in [0.1, 0.15) is 29.5 Å². The molecule has 35 heavy (non-hydrogen) atoms. The predicted molar refractivity (Wildman–Crippen MR) is 130 cm³/mol. The molecule has 4 rings (SSSR count). The van der Waals surface area contributed by atoms with E-state index < -0.39 is 5.92 Å². The highest BCUT2D eigenvalue weighted by Crippen LogP contribution is 2.32. The molecule has 0 bridgehead atoms. The number of aryl methyl sites for hydroxylation is 1. The number of hydrogen-bond acceptors (Lipinski definition) is 7. The number of carbonyl (C=O) groups excluding carboxylic acids is 1. The summed E-state index contributed by atoms with van der Waals surface area (Å²) in [6, 6.07) is 12.3. The molecule has 184 valence electrons. The van der Waals surface area contributed by atoms with Gasteiger partial charge in [0.1, 0.15) is 5.58 Å². The molecule has 0 spiro atoms. The summed E-state index contributed by atoms with van der Waals surface area (Å²) in [5.74, 6) is -2.19. The van der Waals surface area contributed by atoms with Crippen molar-refractivity contribution in [2.24, 2.45) is 5.10 Å². The lowest BCUT2D eigenvalue weighted by atomic mass is 10.1. The number of alkyl halides is 2. The van der Waals surface area contributed by atoms with Crippen LogP contribution in [0.5, 0.6) is 0 Å². The van der Waals surface area contributed by atoms with Crippen molar-refractivity contribution in [1.29, 1.82) is 0 Å². The molecule has 2 N–H and O–H groups in total. The first-order valence-electron chi connectivity index (χ1n) is 11.2. The van der Waals surface area contributed by atoms with E-state index in [9.17, 15) is 18.4 Å². The molecule has 2 aromatic carbocycles. The van der Waals surface area contributed by atoms with Crippen LogP contribution in [0.3, 0.4) is 0 Å². The van der Waals surface area contributed by atoms with Gasteiger partial charge in [-0.1, -0.05) is 18.2 Å². The number of nitrogens with one attached hydrogen (secondary N) is 2. The van der Waals surface area contributed by atoms with Crippen LogP contribution in [0.25, 0.3) is 11.0 Å². The Morgan fingerprint density at radius 2 is 1.97 bits per heavy atom. The second-order valence-electron chi connectivity index (χ2n) is 8.36. The SMILES string of the molecule is CO/C(=N\NC=O)c1ccccc1NCc1cc(C)cc2c(=O)cc(N3CCC(F)(F)CC3)oc12. The van der Waals surface area contributed by atoms with Crippen molar-refractivity contribution in [2.75, 3.05) is 30.4 Å². The summed E-state index contributed by atoms with van der Waals surface area (Å²) in [6.45, 7) is 2.42. The Kier molecular flexibility index (Phi) is 6.99. The molecule has 1 aromatic heterocycles. The monoisotopic (exact) mass is 484 g/mol. The van der Waals surface area contributed by atoms with Crippen molar-refractivity contribution in [3.8, 4) is 0 Å². The summed E-state index contributed by atoms with van der Waals surface area (Å²) < 4.78 is 38.7. The van der Waals surface area contributed by atoms with Gasteiger partial charge in [0.25, 0.3) is 5.92 Å². The van der Waals surface area contributed by atoms with Crippen LogP contribution < -0.4 is 21.1 Å². The molecule has 0 saturated carbocycles. The summed E-state index contributed by atoms with van der Waals surface area (Å²) in [5, 5.41) is 7.66. The van der Waals surface area contributed by atoms with E-state index in [0.717, 1.165) is 11.1 Å². The molecular formula is C25H26F2N4O4. The number of para-hydroxylation sites is 1. The molecular weight excluding hydrogens is 458 g/mol. The first kappa shape index (κ1) is 24.2. The lowest BCUT2D eigenvalue weighted by molar-refractivity contribution is -0.109. The zero-order chi connectivity index (χ0) is 25.0. The number of halogens is 2. The van der Waals surface area contributed by atoms with Gasteiger partial charge in [-0.15, -0.1) is 5.10 Å². The highest BCUT2D eigenvalue weighted by atomic mass is 19.3. The van der Waals surface area contributed by atoms with E-state index in [1.54, 1.807) is 17.0 Å². The first-order valence-corrected chi connectivity index (χ1v) is 11.2. The molecule has 10 heteroatoms. The number of hydrogen-bond donors (Lipinski definition) is 2. The van der Waals surface area contributed by atoms with Gasteiger partial charge < -0.3 is 19.4 Å². The van der Waals surface area contributed by atoms with Gasteiger partial charge in [0.2, 0.25) is 12.3 Å². The smallest absolute Gasteiger partial charge is 0.251 e. The number of anilines is 2. The number of amides is 1. The number of hydrazone groups is 1. The number of carbonyl (C=O) groups is 1. The minimum absolute atomic E-state index is 0.113. The summed E-state index contributed by atoms with van der Waals surface area (Å²) in [4.78, 5) is 25.2. The molecule has 1 saturated heterocycles. The van der Waals surface area contributed by atoms with Gasteiger partial charge in [-0.3, -0.25) is 9.59 Å². The molecule has 0 radical (unpaired) electrons. The van der Waals surface area contributed by atoms with E-state index >= 15 is 0 Å². The second kappa shape index (κ2) is 10.1. The standard InChI is InChI=1S/C25H26F2N4O4/c1-16-11-17(14-28-20-6-4-3-5-18(20)24(34-2)30-29-15-32)23-19(12-16)21(33)13-22(35-23)31-9-7-25(26,27)8-10-31/h3-6,11-13,15,28H,7-10,14H2,1-2H3,(H,29,32)/b30-24-. The van der Waals surface area contributed by atoms with E-state index in [0.29, 0.717) is 35.2 Å². The second-order valence-corrected chi connectivity index (χ2v) is 8.36. The Morgan fingerprint density at radius 1 is 1.23 bits per heavy atom. The molecule has 1 aliphatic rings. The van der Waals surface area contributed by atoms with Crippen LogP contribution in [-0.2, 0) is 16.1 Å². The third kappa shape index (κ3) is 5.42. The highest BCUT2D eigenvalue weighted by molar-refractivity contribution is 5.99. The molecule has 8 nitrogen and oxygen atoms in total. The molecule has 0 atom stereocenters. The predicted octanol–water partition coefficient (Wildman–Crippen LogP) is 4.00. The van der Waals surface area contributed by atoms with Gasteiger partial charge in [0.15, 0.2) is 11.3 Å². The van der Waals surface area contributed by atoms with Crippen molar-refractivity contribution in [3.63, 3.8) is 0 Å². The average Bonchev–Trinajstić information content (AvgIpc) is 2.84. The zero-order valence-corrected chi connectivity index (χ0v) is 19.4. The van der Waals surface area contributed by atoms with Crippen LogP contribution in [0.4, 0.5) is 20.4 Å². The van der Waals surface area contributed by atoms with E-state index in [-0.39, 0.29) is 43.1 Å². The van der Waals surface area contributed by atoms with Crippen LogP contribution in [0.15, 0.2) is 56.8 Å². The van der Waals surface area contributed by atoms with Crippen LogP contribution in [0.2, 0.25) is 0 Å². The van der Waals surface area contributed by atoms with Gasteiger partial charge in [-0.25, -0.2) is 14.2 Å². The maximum atomic E-state index is 13.6. The fourth-order valence-corrected chi connectivity index (χ4v) is 4.13. The van der Waals surface area contributed by atoms with Crippen molar-refractivity contribution in [2.45, 2.75) is 32.2 Å². The Hall–Kier alpha value is -3.95. The number of rotatable bonds is 7. The number of piperidine rings is 1. The molecule has 1 fully saturated rings. The molecule has 1 aliphatic heterocycles. The van der Waals surface area contributed by atoms with Crippen LogP contribution in [-0.4, -0.2) is 38.4 Å². The third-order valence-corrected chi connectivity index (χ3v) is 5.88. The number of benzene rings is 2. The maximum absolute atomic E-state index is 13.6. The Labute approximate surface area is 200 Å². The van der Waals surface area contributed by atoms with Crippen LogP contribution >= 0.6 is 0 Å². The van der Waals surface area contributed by atoms with Gasteiger partial charge >= 0.3 is 0 Å². The normalized spacial score (nSPS) is 15.7. The van der Waals surface area contributed by atoms with Gasteiger partial charge in [-0.2, -0.15) is 0 Å². The molecule has 3 aromatic rings. The topological polar surface area (TPSA) is 96.2 Å². The number of fused-ring (bicyclic) bond motifs is 1. The Bertz CT molecular complexity index is 1310. The summed E-state index contributed by atoms with van der Waals surface area (Å²) >= 11 is 0. The fourth-order valence-electron chi connectivity index (χ4n) is 4.13. The third-order valence-electron chi connectivity index (χ3n) is 5.88. The van der Waals surface area contributed by atoms with Gasteiger partial charge in [-0.05, 0) is 30.7 Å². The summed E-state index contributed by atoms with van der Waals surface area (Å²) in [6.07, 6.45) is -0.122. The number of methoxy groups -OCH3 is 1. The molecule has 1 amide bonds. The Balaban J connectivity index is 1.67. The quantitative estimate of drug-likeness (QED) is 0.228. The molecule has 0 unspecified atom stereocenters. The fraction of sp³-hybridized carbons (Fsp3) is 0.320. The summed E-state index contributed by atoms with van der Waals surface area (Å²) in [5.41, 5.74) is 5.34. The van der Waals surface area contributed by atoms with E-state index in [4.69, 9.17) is 9.15 Å². The van der Waals surface area contributed by atoms with Crippen molar-refractivity contribution >= 4 is 34.8 Å². The summed E-state index contributed by atoms with van der Waals surface area (Å²) in [7, 11) is 1.45. The van der Waals surface area contributed by atoms with Crippen molar-refractivity contribution in [1.82, 2.24) is 5.43 Å². The molecule has 2 heterocycles. The number of ether oxygens (including phenoxy) is 1. The largest absolute Gasteiger partial charge is 0.480 e. The van der Waals surface area contributed by atoms with E-state index in [2.05, 4.69) is 15.8 Å². The van der Waals surface area contributed by atoms with Crippen molar-refractivity contribution in [3.05, 3.63) is 69.4 Å². The Morgan fingerprint density at radius 3 is 2.69 bits per heavy atom. The average molecular weight is 485 g/mol. The van der Waals surface area contributed by atoms with Gasteiger partial charge in [0, 0.05) is 49.8 Å². The maximum Gasteiger partial charge on any atom is 0.251 e. The van der Waals surface area contributed by atoms with Gasteiger partial charge in [0.05, 0.1) is 18.1 Å². The zero-order valence-electron chi connectivity index (χ0n) is 19.4. The highest BCUT2D eigenvalue weighted by Gasteiger charge is 2.35. The number of nitrogens with zero attached hydrogens (tertiary/aromatic N) is 2. The van der Waals surface area contributed by atoms with E-state index in [1.165, 1.54) is 13.2 Å². The first-order chi connectivity index (χ1) is 16.8. The van der Waals surface area contributed by atoms with E-state index in [1.807, 2.05) is 31.2 Å². The lowest BCUT2D eigenvalue weighted by Gasteiger charge is -2.32. The van der Waals surface area contributed by atoms with Crippen molar-refractivity contribution < 1.29 is 22.7 Å². The minimum atomic E-state index is -2.70.